The van der Waals surface area contributed by atoms with Crippen molar-refractivity contribution in [1.29, 1.82) is 0 Å². The Bertz CT molecular complexity index is 874. The van der Waals surface area contributed by atoms with Crippen molar-refractivity contribution < 1.29 is 19.2 Å². The van der Waals surface area contributed by atoms with Gasteiger partial charge in [-0.05, 0) is 12.1 Å². The van der Waals surface area contributed by atoms with Gasteiger partial charge in [-0.15, -0.1) is 0 Å². The summed E-state index contributed by atoms with van der Waals surface area (Å²) in [6.07, 6.45) is 0. The van der Waals surface area contributed by atoms with Gasteiger partial charge in [0, 0.05) is 11.6 Å². The third kappa shape index (κ3) is 3.25. The average Bonchev–Trinajstić information content (AvgIpc) is 3.11. The second-order valence-electron chi connectivity index (χ2n) is 4.87. The molecule has 0 aliphatic carbocycles. The van der Waals surface area contributed by atoms with Crippen molar-refractivity contribution in [2.75, 3.05) is 0 Å². The Morgan fingerprint density at radius 2 is 1.58 bits per heavy atom. The molecular formula is C17H13N3O4. The maximum atomic E-state index is 12.0. The average molecular weight is 323 g/mol. The summed E-state index contributed by atoms with van der Waals surface area (Å²) >= 11 is 0. The van der Waals surface area contributed by atoms with Gasteiger partial charge in [0.2, 0.25) is 5.76 Å². The number of nitrogens with one attached hydrogen (secondary N) is 2. The summed E-state index contributed by atoms with van der Waals surface area (Å²) in [6, 6.07) is 16.7. The van der Waals surface area contributed by atoms with E-state index >= 15 is 0 Å². The number of carbonyl (C=O) groups excluding carboxylic acids is 2. The lowest BCUT2D eigenvalue weighted by atomic mass is 10.1. The highest BCUT2D eigenvalue weighted by molar-refractivity contribution is 5.99. The van der Waals surface area contributed by atoms with Crippen LogP contribution in [0.25, 0.3) is 11.3 Å². The highest BCUT2D eigenvalue weighted by Crippen LogP contribution is 2.18. The van der Waals surface area contributed by atoms with Gasteiger partial charge in [0.1, 0.15) is 11.4 Å². The molecule has 120 valence electrons. The predicted molar refractivity (Wildman–Crippen MR) is 85.0 cm³/mol. The first-order valence-electron chi connectivity index (χ1n) is 7.06. The molecule has 0 bridgehead atoms. The maximum Gasteiger partial charge on any atom is 0.308 e. The third-order valence-corrected chi connectivity index (χ3v) is 3.24. The molecule has 7 nitrogen and oxygen atoms in total. The lowest BCUT2D eigenvalue weighted by Gasteiger charge is -2.06. The lowest BCUT2D eigenvalue weighted by Crippen LogP contribution is -2.41. The first-order chi connectivity index (χ1) is 11.6. The molecule has 0 atom stereocenters. The molecule has 0 saturated heterocycles. The number of para-hydroxylation sites is 1. The van der Waals surface area contributed by atoms with E-state index in [0.29, 0.717) is 5.69 Å². The fourth-order valence-electron chi connectivity index (χ4n) is 2.04. The minimum absolute atomic E-state index is 0.0420. The molecular weight excluding hydrogens is 310 g/mol. The largest absolute Gasteiger partial charge is 0.507 e. The number of benzene rings is 2. The minimum atomic E-state index is -0.659. The van der Waals surface area contributed by atoms with Crippen LogP contribution in [0.5, 0.6) is 5.75 Å². The van der Waals surface area contributed by atoms with E-state index in [1.807, 2.05) is 30.3 Å². The Morgan fingerprint density at radius 1 is 0.917 bits per heavy atom. The van der Waals surface area contributed by atoms with E-state index in [9.17, 15) is 14.7 Å². The zero-order chi connectivity index (χ0) is 16.9. The Hall–Kier alpha value is -3.61. The number of hydrogen-bond donors (Lipinski definition) is 3. The highest BCUT2D eigenvalue weighted by atomic mass is 16.5. The van der Waals surface area contributed by atoms with Crippen LogP contribution < -0.4 is 10.9 Å². The normalized spacial score (nSPS) is 10.2. The fraction of sp³-hybridized carbons (Fsp3) is 0. The van der Waals surface area contributed by atoms with Crippen LogP contribution in [-0.4, -0.2) is 22.1 Å². The fourth-order valence-corrected chi connectivity index (χ4v) is 2.04. The first kappa shape index (κ1) is 15.3. The van der Waals surface area contributed by atoms with Crippen LogP contribution in [0.4, 0.5) is 0 Å². The molecule has 0 spiro atoms. The second kappa shape index (κ2) is 6.66. The van der Waals surface area contributed by atoms with Gasteiger partial charge >= 0.3 is 5.91 Å². The number of rotatable bonds is 3. The van der Waals surface area contributed by atoms with Crippen molar-refractivity contribution in [3.63, 3.8) is 0 Å². The number of nitrogens with zero attached hydrogens (tertiary/aromatic N) is 1. The molecule has 2 aromatic carbocycles. The van der Waals surface area contributed by atoms with E-state index in [0.717, 1.165) is 5.56 Å². The van der Waals surface area contributed by atoms with Crippen molar-refractivity contribution in [3.8, 4) is 17.0 Å². The van der Waals surface area contributed by atoms with E-state index in [2.05, 4.69) is 16.0 Å². The number of phenolic OH excluding ortho intramolecular Hbond substituents is 1. The summed E-state index contributed by atoms with van der Waals surface area (Å²) < 4.78 is 4.98. The zero-order valence-corrected chi connectivity index (χ0v) is 12.4. The Morgan fingerprint density at radius 3 is 2.33 bits per heavy atom. The molecule has 1 aromatic heterocycles. The molecule has 1 heterocycles. The zero-order valence-electron chi connectivity index (χ0n) is 12.4. The highest BCUT2D eigenvalue weighted by Gasteiger charge is 2.16. The van der Waals surface area contributed by atoms with Gasteiger partial charge in [-0.25, -0.2) is 0 Å². The van der Waals surface area contributed by atoms with Crippen molar-refractivity contribution in [3.05, 3.63) is 72.0 Å². The molecule has 3 N–H and O–H groups in total. The van der Waals surface area contributed by atoms with Gasteiger partial charge in [-0.1, -0.05) is 47.6 Å². The molecule has 0 unspecified atom stereocenters. The Balaban J connectivity index is 1.65. The van der Waals surface area contributed by atoms with E-state index in [4.69, 9.17) is 4.52 Å². The number of hydrazine groups is 1. The van der Waals surface area contributed by atoms with Gasteiger partial charge in [0.25, 0.3) is 5.91 Å². The summed E-state index contributed by atoms with van der Waals surface area (Å²) in [5.74, 6) is -1.54. The number of carbonyl (C=O) groups is 2. The molecule has 0 aliphatic rings. The van der Waals surface area contributed by atoms with Crippen LogP contribution in [-0.2, 0) is 0 Å². The molecule has 3 rings (SSSR count). The first-order valence-corrected chi connectivity index (χ1v) is 7.06. The van der Waals surface area contributed by atoms with Crippen LogP contribution in [0, 0.1) is 0 Å². The van der Waals surface area contributed by atoms with Crippen molar-refractivity contribution in [2.24, 2.45) is 0 Å². The molecule has 7 heteroatoms. The molecule has 0 aliphatic heterocycles. The Kier molecular flexibility index (Phi) is 4.24. The number of aromatic nitrogens is 1. The predicted octanol–water partition coefficient (Wildman–Crippen LogP) is 2.12. The van der Waals surface area contributed by atoms with E-state index in [1.54, 1.807) is 12.1 Å². The van der Waals surface area contributed by atoms with Crippen molar-refractivity contribution >= 4 is 11.8 Å². The van der Waals surface area contributed by atoms with Gasteiger partial charge in [-0.2, -0.15) is 0 Å². The standard InChI is InChI=1S/C17H13N3O4/c21-14-9-5-4-8-12(14)16(22)18-19-17(23)15-10-13(20-24-15)11-6-2-1-3-7-11/h1-10,21H,(H,18,22)(H,19,23). The smallest absolute Gasteiger partial charge is 0.308 e. The summed E-state index contributed by atoms with van der Waals surface area (Å²) in [5.41, 5.74) is 5.76. The number of hydrogen-bond acceptors (Lipinski definition) is 5. The van der Waals surface area contributed by atoms with E-state index in [1.165, 1.54) is 18.2 Å². The second-order valence-corrected chi connectivity index (χ2v) is 4.87. The monoisotopic (exact) mass is 323 g/mol. The summed E-state index contributed by atoms with van der Waals surface area (Å²) in [4.78, 5) is 23.9. The third-order valence-electron chi connectivity index (χ3n) is 3.24. The van der Waals surface area contributed by atoms with E-state index in [-0.39, 0.29) is 17.1 Å². The molecule has 2 amide bonds. The van der Waals surface area contributed by atoms with Crippen LogP contribution in [0.15, 0.2) is 65.2 Å². The molecule has 0 saturated carbocycles. The van der Waals surface area contributed by atoms with Crippen LogP contribution in [0.1, 0.15) is 20.9 Å². The van der Waals surface area contributed by atoms with Crippen molar-refractivity contribution in [2.45, 2.75) is 0 Å². The van der Waals surface area contributed by atoms with Crippen LogP contribution in [0.3, 0.4) is 0 Å². The Labute approximate surface area is 136 Å². The molecule has 0 fully saturated rings. The molecule has 3 aromatic rings. The van der Waals surface area contributed by atoms with Gasteiger partial charge < -0.3 is 9.63 Å². The van der Waals surface area contributed by atoms with Gasteiger partial charge in [-0.3, -0.25) is 20.4 Å². The lowest BCUT2D eigenvalue weighted by molar-refractivity contribution is 0.0824. The topological polar surface area (TPSA) is 104 Å². The molecule has 0 radical (unpaired) electrons. The summed E-state index contributed by atoms with van der Waals surface area (Å²) in [6.45, 7) is 0. The van der Waals surface area contributed by atoms with E-state index < -0.39 is 11.8 Å². The summed E-state index contributed by atoms with van der Waals surface area (Å²) in [7, 11) is 0. The number of amides is 2. The quantitative estimate of drug-likeness (QED) is 0.640. The minimum Gasteiger partial charge on any atom is -0.507 e. The van der Waals surface area contributed by atoms with Gasteiger partial charge in [0.15, 0.2) is 0 Å². The van der Waals surface area contributed by atoms with Crippen molar-refractivity contribution in [1.82, 2.24) is 16.0 Å². The number of aromatic hydroxyl groups is 1. The molecule has 24 heavy (non-hydrogen) atoms. The SMILES string of the molecule is O=C(NNC(=O)c1ccccc1O)c1cc(-c2ccccc2)no1. The van der Waals surface area contributed by atoms with Crippen LogP contribution in [0.2, 0.25) is 0 Å². The number of phenols is 1. The van der Waals surface area contributed by atoms with Gasteiger partial charge in [0.05, 0.1) is 5.56 Å². The maximum absolute atomic E-state index is 12.0. The summed E-state index contributed by atoms with van der Waals surface area (Å²) in [5, 5.41) is 13.4. The van der Waals surface area contributed by atoms with Crippen LogP contribution >= 0.6 is 0 Å².